The Bertz CT molecular complexity index is 504. The lowest BCUT2D eigenvalue weighted by molar-refractivity contribution is -0.141. The van der Waals surface area contributed by atoms with E-state index in [0.717, 1.165) is 38.2 Å². The fourth-order valence-corrected chi connectivity index (χ4v) is 2.81. The van der Waals surface area contributed by atoms with Gasteiger partial charge in [0.25, 0.3) is 0 Å². The van der Waals surface area contributed by atoms with Crippen molar-refractivity contribution in [1.82, 2.24) is 15.3 Å². The molecule has 5 nitrogen and oxygen atoms in total. The average Bonchev–Trinajstić information content (AvgIpc) is 2.81. The number of hydrogen-bond acceptors (Lipinski definition) is 5. The summed E-state index contributed by atoms with van der Waals surface area (Å²) in [4.78, 5) is 7.16. The number of nitrogens with zero attached hydrogens (tertiary/aromatic N) is 2. The normalized spacial score (nSPS) is 25.2. The molecule has 1 spiro atoms. The highest BCUT2D eigenvalue weighted by atomic mass is 19.4. The van der Waals surface area contributed by atoms with Crippen LogP contribution in [0.5, 0.6) is 6.01 Å². The second-order valence-electron chi connectivity index (χ2n) is 5.41. The Kier molecular flexibility index (Phi) is 3.75. The molecule has 1 aromatic heterocycles. The van der Waals surface area contributed by atoms with Crippen molar-refractivity contribution >= 4 is 0 Å². The van der Waals surface area contributed by atoms with Gasteiger partial charge in [-0.1, -0.05) is 0 Å². The van der Waals surface area contributed by atoms with Gasteiger partial charge < -0.3 is 14.8 Å². The molecular weight excluding hydrogens is 287 g/mol. The molecule has 8 heteroatoms. The van der Waals surface area contributed by atoms with Crippen LogP contribution >= 0.6 is 0 Å². The van der Waals surface area contributed by atoms with Crippen molar-refractivity contribution in [2.75, 3.05) is 19.7 Å². The smallest absolute Gasteiger partial charge is 0.433 e. The number of hydrogen-bond donors (Lipinski definition) is 1. The Morgan fingerprint density at radius 3 is 2.81 bits per heavy atom. The van der Waals surface area contributed by atoms with Gasteiger partial charge >= 0.3 is 12.2 Å². The highest BCUT2D eigenvalue weighted by Gasteiger charge is 2.42. The van der Waals surface area contributed by atoms with E-state index in [2.05, 4.69) is 15.3 Å². The maximum atomic E-state index is 12.6. The number of piperidine rings is 1. The quantitative estimate of drug-likeness (QED) is 0.902. The third kappa shape index (κ3) is 3.26. The van der Waals surface area contributed by atoms with Gasteiger partial charge in [-0.25, -0.2) is 4.98 Å². The van der Waals surface area contributed by atoms with Crippen molar-refractivity contribution in [2.24, 2.45) is 0 Å². The minimum atomic E-state index is -4.50. The number of ether oxygens (including phenoxy) is 2. The van der Waals surface area contributed by atoms with Crippen LogP contribution in [-0.4, -0.2) is 41.4 Å². The number of alkyl halides is 3. The van der Waals surface area contributed by atoms with Crippen molar-refractivity contribution in [2.45, 2.75) is 37.1 Å². The Morgan fingerprint density at radius 2 is 2.10 bits per heavy atom. The number of halogens is 3. The molecule has 0 radical (unpaired) electrons. The molecule has 116 valence electrons. The summed E-state index contributed by atoms with van der Waals surface area (Å²) >= 11 is 0. The molecule has 1 aromatic rings. The summed E-state index contributed by atoms with van der Waals surface area (Å²) in [6.07, 6.45) is -1.31. The van der Waals surface area contributed by atoms with Crippen LogP contribution in [0.15, 0.2) is 12.3 Å². The zero-order valence-electron chi connectivity index (χ0n) is 11.3. The molecule has 0 aromatic carbocycles. The van der Waals surface area contributed by atoms with Crippen molar-refractivity contribution in [3.63, 3.8) is 0 Å². The molecule has 0 aliphatic carbocycles. The van der Waals surface area contributed by atoms with E-state index in [4.69, 9.17) is 9.47 Å². The molecule has 1 N–H and O–H groups in total. The van der Waals surface area contributed by atoms with E-state index in [1.165, 1.54) is 0 Å². The molecular formula is C13H16F3N3O2. The second-order valence-corrected chi connectivity index (χ2v) is 5.41. The van der Waals surface area contributed by atoms with E-state index in [1.54, 1.807) is 0 Å². The molecule has 0 saturated carbocycles. The first-order chi connectivity index (χ1) is 9.97. The van der Waals surface area contributed by atoms with Gasteiger partial charge in [0, 0.05) is 12.6 Å². The van der Waals surface area contributed by atoms with Gasteiger partial charge in [-0.15, -0.1) is 0 Å². The number of nitrogens with one attached hydrogen (secondary N) is 1. The van der Waals surface area contributed by atoms with E-state index in [9.17, 15) is 13.2 Å². The molecule has 2 aliphatic heterocycles. The topological polar surface area (TPSA) is 56.3 Å². The summed E-state index contributed by atoms with van der Waals surface area (Å²) < 4.78 is 49.1. The maximum Gasteiger partial charge on any atom is 0.433 e. The predicted molar refractivity (Wildman–Crippen MR) is 66.9 cm³/mol. The Labute approximate surface area is 119 Å². The zero-order valence-corrected chi connectivity index (χ0v) is 11.3. The number of aromatic nitrogens is 2. The van der Waals surface area contributed by atoms with Gasteiger partial charge in [0.2, 0.25) is 0 Å². The molecule has 3 heterocycles. The summed E-state index contributed by atoms with van der Waals surface area (Å²) in [5.41, 5.74) is -1.21. The van der Waals surface area contributed by atoms with Crippen molar-refractivity contribution in [1.29, 1.82) is 0 Å². The summed E-state index contributed by atoms with van der Waals surface area (Å²) in [7, 11) is 0. The van der Waals surface area contributed by atoms with Crippen molar-refractivity contribution in [3.05, 3.63) is 18.0 Å². The van der Waals surface area contributed by atoms with Crippen LogP contribution < -0.4 is 10.1 Å². The molecule has 2 aliphatic rings. The minimum absolute atomic E-state index is 0.211. The van der Waals surface area contributed by atoms with Crippen LogP contribution in [0.4, 0.5) is 13.2 Å². The minimum Gasteiger partial charge on any atom is -0.458 e. The highest BCUT2D eigenvalue weighted by molar-refractivity contribution is 5.09. The zero-order chi connectivity index (χ0) is 14.9. The SMILES string of the molecule is FC(F)(F)c1ccnc(OC2COC3(CCNCC3)C2)n1. The van der Waals surface area contributed by atoms with Crippen LogP contribution in [0.3, 0.4) is 0 Å². The first-order valence-electron chi connectivity index (χ1n) is 6.88. The summed E-state index contributed by atoms with van der Waals surface area (Å²) in [5, 5.41) is 3.25. The number of rotatable bonds is 2. The lowest BCUT2D eigenvalue weighted by Crippen LogP contribution is -2.41. The molecule has 1 atom stereocenters. The molecule has 3 rings (SSSR count). The van der Waals surface area contributed by atoms with Gasteiger partial charge in [0.05, 0.1) is 12.2 Å². The van der Waals surface area contributed by atoms with Gasteiger partial charge in [-0.05, 0) is 32.0 Å². The fraction of sp³-hybridized carbons (Fsp3) is 0.692. The van der Waals surface area contributed by atoms with Gasteiger partial charge in [-0.3, -0.25) is 0 Å². The molecule has 2 saturated heterocycles. The Balaban J connectivity index is 1.65. The third-order valence-corrected chi connectivity index (χ3v) is 3.89. The molecule has 2 fully saturated rings. The van der Waals surface area contributed by atoms with Crippen molar-refractivity contribution < 1.29 is 22.6 Å². The van der Waals surface area contributed by atoms with Crippen LogP contribution in [0, 0.1) is 0 Å². The molecule has 0 amide bonds. The maximum absolute atomic E-state index is 12.6. The third-order valence-electron chi connectivity index (χ3n) is 3.89. The van der Waals surface area contributed by atoms with E-state index in [1.807, 2.05) is 0 Å². The lowest BCUT2D eigenvalue weighted by atomic mass is 9.89. The van der Waals surface area contributed by atoms with Crippen LogP contribution in [0.25, 0.3) is 0 Å². The monoisotopic (exact) mass is 303 g/mol. The summed E-state index contributed by atoms with van der Waals surface area (Å²) in [6.45, 7) is 2.12. The summed E-state index contributed by atoms with van der Waals surface area (Å²) in [5.74, 6) is 0. The first kappa shape index (κ1) is 14.5. The Morgan fingerprint density at radius 1 is 1.33 bits per heavy atom. The average molecular weight is 303 g/mol. The van der Waals surface area contributed by atoms with Gasteiger partial charge in [0.15, 0.2) is 5.69 Å². The standard InChI is InChI=1S/C13H16F3N3O2/c14-13(15,16)10-1-4-18-11(19-10)21-9-7-12(20-8-9)2-5-17-6-3-12/h1,4,9,17H,2-3,5-8H2. The van der Waals surface area contributed by atoms with Gasteiger partial charge in [-0.2, -0.15) is 18.2 Å². The van der Waals surface area contributed by atoms with E-state index in [-0.39, 0.29) is 17.7 Å². The predicted octanol–water partition coefficient (Wildman–Crippen LogP) is 1.79. The van der Waals surface area contributed by atoms with E-state index < -0.39 is 11.9 Å². The van der Waals surface area contributed by atoms with E-state index >= 15 is 0 Å². The molecule has 0 bridgehead atoms. The van der Waals surface area contributed by atoms with E-state index in [0.29, 0.717) is 13.0 Å². The first-order valence-corrected chi connectivity index (χ1v) is 6.88. The Hall–Kier alpha value is -1.41. The molecule has 21 heavy (non-hydrogen) atoms. The second kappa shape index (κ2) is 5.42. The highest BCUT2D eigenvalue weighted by Crippen LogP contribution is 2.35. The van der Waals surface area contributed by atoms with Crippen LogP contribution in [0.2, 0.25) is 0 Å². The van der Waals surface area contributed by atoms with Gasteiger partial charge in [0.1, 0.15) is 6.10 Å². The molecule has 1 unspecified atom stereocenters. The fourth-order valence-electron chi connectivity index (χ4n) is 2.81. The lowest BCUT2D eigenvalue weighted by Gasteiger charge is -2.32. The van der Waals surface area contributed by atoms with Crippen LogP contribution in [-0.2, 0) is 10.9 Å². The largest absolute Gasteiger partial charge is 0.458 e. The van der Waals surface area contributed by atoms with Crippen molar-refractivity contribution in [3.8, 4) is 6.01 Å². The van der Waals surface area contributed by atoms with Crippen LogP contribution in [0.1, 0.15) is 25.0 Å². The summed E-state index contributed by atoms with van der Waals surface area (Å²) in [6, 6.07) is 0.580.